The Bertz CT molecular complexity index is 1170. The van der Waals surface area contributed by atoms with Gasteiger partial charge in [-0.15, -0.1) is 10.2 Å². The van der Waals surface area contributed by atoms with Crippen LogP contribution < -0.4 is 9.80 Å². The van der Waals surface area contributed by atoms with Crippen molar-refractivity contribution in [1.29, 1.82) is 0 Å². The highest BCUT2D eigenvalue weighted by Gasteiger charge is 2.33. The van der Waals surface area contributed by atoms with E-state index in [1.54, 1.807) is 6.07 Å². The highest BCUT2D eigenvalue weighted by Crippen LogP contribution is 2.32. The highest BCUT2D eigenvalue weighted by atomic mass is 19.4. The number of carbonyl (C=O) groups excluding carboxylic acids is 1. The maximum atomic E-state index is 13.1. The average Bonchev–Trinajstić information content (AvgIpc) is 2.93. The highest BCUT2D eigenvalue weighted by molar-refractivity contribution is 5.79. The number of piperidine rings is 1. The van der Waals surface area contributed by atoms with Crippen LogP contribution in [0.4, 0.5) is 24.7 Å². The number of carbonyl (C=O) groups is 1. The number of halogens is 3. The largest absolute Gasteiger partial charge is 0.416 e. The van der Waals surface area contributed by atoms with E-state index in [1.807, 2.05) is 52.3 Å². The fourth-order valence-corrected chi connectivity index (χ4v) is 4.93. The predicted octanol–water partition coefficient (Wildman–Crippen LogP) is 4.73. The molecule has 0 saturated carbocycles. The molecule has 1 aromatic heterocycles. The minimum atomic E-state index is -4.36. The van der Waals surface area contributed by atoms with Crippen molar-refractivity contribution in [2.24, 2.45) is 5.92 Å². The SMILES string of the molecule is O=C(C1CCN(c2ccc(-c3ccccc3)nn2)CC1)N1CCN(c2cccc(C(F)(F)F)c2)CC1. The van der Waals surface area contributed by atoms with Gasteiger partial charge in [0.25, 0.3) is 0 Å². The summed E-state index contributed by atoms with van der Waals surface area (Å²) in [5.74, 6) is 0.914. The van der Waals surface area contributed by atoms with Gasteiger partial charge in [0.1, 0.15) is 0 Å². The van der Waals surface area contributed by atoms with Crippen LogP contribution in [0.25, 0.3) is 11.3 Å². The van der Waals surface area contributed by atoms with Crippen LogP contribution in [0.5, 0.6) is 0 Å². The Morgan fingerprint density at radius 3 is 2.14 bits per heavy atom. The van der Waals surface area contributed by atoms with Crippen LogP contribution in [0, 0.1) is 5.92 Å². The Morgan fingerprint density at radius 2 is 1.50 bits per heavy atom. The normalized spacial score (nSPS) is 17.4. The van der Waals surface area contributed by atoms with Crippen molar-refractivity contribution in [3.8, 4) is 11.3 Å². The average molecular weight is 496 g/mol. The lowest BCUT2D eigenvalue weighted by Gasteiger charge is -2.39. The summed E-state index contributed by atoms with van der Waals surface area (Å²) in [7, 11) is 0. The standard InChI is InChI=1S/C27H28F3N5O/c28-27(29,30)22-7-4-8-23(19-22)33-15-17-35(18-16-33)26(36)21-11-13-34(14-12-21)25-10-9-24(31-32-25)20-5-2-1-3-6-20/h1-10,19,21H,11-18H2. The van der Waals surface area contributed by atoms with Crippen molar-refractivity contribution >= 4 is 17.4 Å². The molecule has 2 aliphatic rings. The molecular formula is C27H28F3N5O. The summed E-state index contributed by atoms with van der Waals surface area (Å²) >= 11 is 0. The second-order valence-electron chi connectivity index (χ2n) is 9.26. The van der Waals surface area contributed by atoms with Gasteiger partial charge in [0.2, 0.25) is 5.91 Å². The van der Waals surface area contributed by atoms with E-state index in [-0.39, 0.29) is 11.8 Å². The van der Waals surface area contributed by atoms with Gasteiger partial charge in [-0.3, -0.25) is 4.79 Å². The minimum Gasteiger partial charge on any atom is -0.368 e. The summed E-state index contributed by atoms with van der Waals surface area (Å²) < 4.78 is 39.2. The molecule has 3 heterocycles. The van der Waals surface area contributed by atoms with E-state index >= 15 is 0 Å². The zero-order valence-corrected chi connectivity index (χ0v) is 19.9. The molecule has 5 rings (SSSR count). The molecule has 0 radical (unpaired) electrons. The maximum absolute atomic E-state index is 13.1. The van der Waals surface area contributed by atoms with Crippen molar-refractivity contribution < 1.29 is 18.0 Å². The number of benzene rings is 2. The number of nitrogens with zero attached hydrogens (tertiary/aromatic N) is 5. The Morgan fingerprint density at radius 1 is 0.778 bits per heavy atom. The second-order valence-corrected chi connectivity index (χ2v) is 9.26. The molecule has 2 fully saturated rings. The van der Waals surface area contributed by atoms with Gasteiger partial charge in [0, 0.05) is 56.4 Å². The maximum Gasteiger partial charge on any atom is 0.416 e. The van der Waals surface area contributed by atoms with Crippen LogP contribution in [0.1, 0.15) is 18.4 Å². The first-order valence-electron chi connectivity index (χ1n) is 12.2. The number of hydrogen-bond acceptors (Lipinski definition) is 5. The molecule has 0 N–H and O–H groups in total. The fourth-order valence-electron chi connectivity index (χ4n) is 4.93. The van der Waals surface area contributed by atoms with Crippen LogP contribution in [0.2, 0.25) is 0 Å². The zero-order valence-electron chi connectivity index (χ0n) is 19.9. The topological polar surface area (TPSA) is 52.6 Å². The van der Waals surface area contributed by atoms with Gasteiger partial charge in [-0.2, -0.15) is 13.2 Å². The van der Waals surface area contributed by atoms with Crippen LogP contribution in [-0.2, 0) is 11.0 Å². The molecule has 2 saturated heterocycles. The van der Waals surface area contributed by atoms with Gasteiger partial charge < -0.3 is 14.7 Å². The summed E-state index contributed by atoms with van der Waals surface area (Å²) in [5, 5.41) is 8.77. The van der Waals surface area contributed by atoms with Crippen molar-refractivity contribution in [3.05, 3.63) is 72.3 Å². The van der Waals surface area contributed by atoms with Crippen LogP contribution in [0.15, 0.2) is 66.7 Å². The lowest BCUT2D eigenvalue weighted by molar-refractivity contribution is -0.137. The van der Waals surface area contributed by atoms with Gasteiger partial charge in [0.05, 0.1) is 11.3 Å². The minimum absolute atomic E-state index is 0.0436. The molecular weight excluding hydrogens is 467 g/mol. The van der Waals surface area contributed by atoms with E-state index in [0.717, 1.165) is 49.1 Å². The van der Waals surface area contributed by atoms with Crippen LogP contribution in [-0.4, -0.2) is 60.3 Å². The monoisotopic (exact) mass is 495 g/mol. The molecule has 0 bridgehead atoms. The predicted molar refractivity (Wildman–Crippen MR) is 133 cm³/mol. The van der Waals surface area contributed by atoms with Crippen molar-refractivity contribution in [2.45, 2.75) is 19.0 Å². The molecule has 0 atom stereocenters. The third-order valence-corrected chi connectivity index (χ3v) is 7.02. The molecule has 3 aromatic rings. The quantitative estimate of drug-likeness (QED) is 0.524. The van der Waals surface area contributed by atoms with Gasteiger partial charge in [-0.05, 0) is 43.2 Å². The van der Waals surface area contributed by atoms with Crippen molar-refractivity contribution in [3.63, 3.8) is 0 Å². The number of alkyl halides is 3. The summed E-state index contributed by atoms with van der Waals surface area (Å²) in [6.45, 7) is 3.55. The molecule has 1 amide bonds. The molecule has 36 heavy (non-hydrogen) atoms. The van der Waals surface area contributed by atoms with E-state index in [9.17, 15) is 18.0 Å². The Kier molecular flexibility index (Phi) is 6.80. The smallest absolute Gasteiger partial charge is 0.368 e. The summed E-state index contributed by atoms with van der Waals surface area (Å²) in [5.41, 5.74) is 1.75. The Hall–Kier alpha value is -3.62. The third kappa shape index (κ3) is 5.29. The number of rotatable bonds is 4. The first-order valence-corrected chi connectivity index (χ1v) is 12.2. The lowest BCUT2D eigenvalue weighted by Crippen LogP contribution is -2.51. The number of aromatic nitrogens is 2. The number of anilines is 2. The van der Waals surface area contributed by atoms with Gasteiger partial charge in [-0.1, -0.05) is 36.4 Å². The first kappa shape index (κ1) is 24.1. The lowest BCUT2D eigenvalue weighted by atomic mass is 9.95. The van der Waals surface area contributed by atoms with E-state index < -0.39 is 11.7 Å². The molecule has 2 aromatic carbocycles. The third-order valence-electron chi connectivity index (χ3n) is 7.02. The molecule has 9 heteroatoms. The zero-order chi connectivity index (χ0) is 25.1. The molecule has 0 spiro atoms. The summed E-state index contributed by atoms with van der Waals surface area (Å²) in [6.07, 6.45) is -2.87. The van der Waals surface area contributed by atoms with Gasteiger partial charge in [-0.25, -0.2) is 0 Å². The van der Waals surface area contributed by atoms with Crippen molar-refractivity contribution in [2.75, 3.05) is 49.1 Å². The van der Waals surface area contributed by atoms with Crippen molar-refractivity contribution in [1.82, 2.24) is 15.1 Å². The first-order chi connectivity index (χ1) is 17.4. The molecule has 0 unspecified atom stereocenters. The number of hydrogen-bond donors (Lipinski definition) is 0. The van der Waals surface area contributed by atoms with Crippen LogP contribution >= 0.6 is 0 Å². The van der Waals surface area contributed by atoms with Gasteiger partial charge in [0.15, 0.2) is 5.82 Å². The van der Waals surface area contributed by atoms with E-state index in [2.05, 4.69) is 15.1 Å². The van der Waals surface area contributed by atoms with E-state index in [0.29, 0.717) is 31.9 Å². The molecule has 6 nitrogen and oxygen atoms in total. The number of piperazine rings is 1. The molecule has 2 aliphatic heterocycles. The molecule has 188 valence electrons. The van der Waals surface area contributed by atoms with E-state index in [1.165, 1.54) is 12.1 Å². The Balaban J connectivity index is 1.12. The van der Waals surface area contributed by atoms with E-state index in [4.69, 9.17) is 0 Å². The molecule has 0 aliphatic carbocycles. The number of amides is 1. The van der Waals surface area contributed by atoms with Gasteiger partial charge >= 0.3 is 6.18 Å². The fraction of sp³-hybridized carbons (Fsp3) is 0.370. The second kappa shape index (κ2) is 10.2. The Labute approximate surface area is 208 Å². The van der Waals surface area contributed by atoms with Crippen LogP contribution in [0.3, 0.4) is 0 Å². The summed E-state index contributed by atoms with van der Waals surface area (Å²) in [6, 6.07) is 19.2. The summed E-state index contributed by atoms with van der Waals surface area (Å²) in [4.78, 5) is 19.1.